The van der Waals surface area contributed by atoms with Gasteiger partial charge >= 0.3 is 5.97 Å². The Bertz CT molecular complexity index is 1130. The molecular formula is C19H15Cl2N3O4S2. The number of halogens is 2. The van der Waals surface area contributed by atoms with Crippen molar-refractivity contribution in [3.05, 3.63) is 51.5 Å². The van der Waals surface area contributed by atoms with E-state index in [9.17, 15) is 9.59 Å². The SMILES string of the molecule is CCOC(=O)c1ccc2nc(NC(=S)NC(=O)c3cc(Cl)c(OC)c(Cl)c3)sc2c1. The van der Waals surface area contributed by atoms with Crippen molar-refractivity contribution < 1.29 is 19.1 Å². The summed E-state index contributed by atoms with van der Waals surface area (Å²) in [5.74, 6) is -0.612. The Balaban J connectivity index is 1.70. The standard InChI is InChI=1S/C19H15Cl2N3O4S2/c1-3-28-17(26)9-4-5-13-14(8-9)30-19(22-13)24-18(29)23-16(25)10-6-11(20)15(27-2)12(21)7-10/h4-8H,3H2,1-2H3,(H2,22,23,24,25,29). The molecule has 2 N–H and O–H groups in total. The highest BCUT2D eigenvalue weighted by Gasteiger charge is 2.16. The lowest BCUT2D eigenvalue weighted by Crippen LogP contribution is -2.34. The molecule has 30 heavy (non-hydrogen) atoms. The summed E-state index contributed by atoms with van der Waals surface area (Å²) in [4.78, 5) is 28.7. The predicted molar refractivity (Wildman–Crippen MR) is 122 cm³/mol. The fourth-order valence-electron chi connectivity index (χ4n) is 2.51. The molecular weight excluding hydrogens is 469 g/mol. The monoisotopic (exact) mass is 483 g/mol. The fraction of sp³-hybridized carbons (Fsp3) is 0.158. The Hall–Kier alpha value is -2.46. The third-order valence-electron chi connectivity index (χ3n) is 3.81. The number of hydrogen-bond acceptors (Lipinski definition) is 7. The van der Waals surface area contributed by atoms with Gasteiger partial charge in [-0.1, -0.05) is 34.5 Å². The van der Waals surface area contributed by atoms with Gasteiger partial charge in [0.1, 0.15) is 0 Å². The quantitative estimate of drug-likeness (QED) is 0.393. The number of thiazole rings is 1. The van der Waals surface area contributed by atoms with E-state index in [1.54, 1.807) is 25.1 Å². The minimum absolute atomic E-state index is 0.0488. The number of thiocarbonyl (C=S) groups is 1. The van der Waals surface area contributed by atoms with Gasteiger partial charge in [0.2, 0.25) is 0 Å². The number of benzene rings is 2. The summed E-state index contributed by atoms with van der Waals surface area (Å²) in [7, 11) is 1.43. The van der Waals surface area contributed by atoms with Crippen LogP contribution in [0.5, 0.6) is 5.75 Å². The largest absolute Gasteiger partial charge is 0.494 e. The molecule has 3 aromatic rings. The molecule has 2 aromatic carbocycles. The van der Waals surface area contributed by atoms with Crippen LogP contribution in [-0.4, -0.2) is 35.7 Å². The second kappa shape index (κ2) is 9.57. The van der Waals surface area contributed by atoms with Gasteiger partial charge in [-0.05, 0) is 49.5 Å². The van der Waals surface area contributed by atoms with Gasteiger partial charge in [-0.15, -0.1) is 0 Å². The van der Waals surface area contributed by atoms with Crippen LogP contribution in [0, 0.1) is 0 Å². The zero-order chi connectivity index (χ0) is 21.8. The van der Waals surface area contributed by atoms with E-state index in [1.165, 1.54) is 30.6 Å². The Morgan fingerprint density at radius 3 is 2.50 bits per heavy atom. The van der Waals surface area contributed by atoms with Crippen molar-refractivity contribution in [2.24, 2.45) is 0 Å². The Morgan fingerprint density at radius 1 is 1.17 bits per heavy atom. The van der Waals surface area contributed by atoms with Crippen LogP contribution in [0.15, 0.2) is 30.3 Å². The summed E-state index contributed by atoms with van der Waals surface area (Å²) < 4.78 is 10.8. The van der Waals surface area contributed by atoms with Crippen molar-refractivity contribution in [1.29, 1.82) is 0 Å². The molecule has 0 saturated heterocycles. The molecule has 3 rings (SSSR count). The van der Waals surface area contributed by atoms with E-state index in [4.69, 9.17) is 44.9 Å². The van der Waals surface area contributed by atoms with E-state index in [-0.39, 0.29) is 26.5 Å². The summed E-state index contributed by atoms with van der Waals surface area (Å²) >= 11 is 18.6. The first-order chi connectivity index (χ1) is 14.3. The zero-order valence-corrected chi connectivity index (χ0v) is 18.9. The molecule has 0 saturated carbocycles. The minimum atomic E-state index is -0.496. The smallest absolute Gasteiger partial charge is 0.338 e. The highest BCUT2D eigenvalue weighted by Crippen LogP contribution is 2.33. The number of rotatable bonds is 5. The van der Waals surface area contributed by atoms with E-state index >= 15 is 0 Å². The molecule has 0 atom stereocenters. The first-order valence-corrected chi connectivity index (χ1v) is 10.5. The van der Waals surface area contributed by atoms with E-state index in [0.717, 1.165) is 4.70 Å². The third kappa shape index (κ3) is 4.99. The molecule has 0 bridgehead atoms. The lowest BCUT2D eigenvalue weighted by atomic mass is 10.2. The Kier molecular flexibility index (Phi) is 7.09. The maximum absolute atomic E-state index is 12.4. The number of carbonyl (C=O) groups excluding carboxylic acids is 2. The first kappa shape index (κ1) is 22.2. The van der Waals surface area contributed by atoms with Crippen molar-refractivity contribution >= 4 is 79.1 Å². The van der Waals surface area contributed by atoms with Gasteiger partial charge in [-0.25, -0.2) is 9.78 Å². The molecule has 1 heterocycles. The number of methoxy groups -OCH3 is 1. The van der Waals surface area contributed by atoms with Crippen LogP contribution in [0.3, 0.4) is 0 Å². The van der Waals surface area contributed by atoms with E-state index < -0.39 is 11.9 Å². The van der Waals surface area contributed by atoms with Gasteiger partial charge in [0.25, 0.3) is 5.91 Å². The van der Waals surface area contributed by atoms with Crippen LogP contribution in [0.25, 0.3) is 10.2 Å². The van der Waals surface area contributed by atoms with Gasteiger partial charge in [-0.3, -0.25) is 10.1 Å². The second-order valence-electron chi connectivity index (χ2n) is 5.80. The molecule has 0 aliphatic heterocycles. The van der Waals surface area contributed by atoms with Crippen LogP contribution in [0.1, 0.15) is 27.6 Å². The predicted octanol–water partition coefficient (Wildman–Crippen LogP) is 4.92. The van der Waals surface area contributed by atoms with Crippen LogP contribution < -0.4 is 15.4 Å². The molecule has 0 unspecified atom stereocenters. The molecule has 156 valence electrons. The molecule has 1 aromatic heterocycles. The number of nitrogens with one attached hydrogen (secondary N) is 2. The van der Waals surface area contributed by atoms with Crippen molar-refractivity contribution in [3.8, 4) is 5.75 Å². The van der Waals surface area contributed by atoms with Crippen molar-refractivity contribution in [2.45, 2.75) is 6.92 Å². The first-order valence-electron chi connectivity index (χ1n) is 8.55. The van der Waals surface area contributed by atoms with Crippen LogP contribution >= 0.6 is 46.8 Å². The van der Waals surface area contributed by atoms with Gasteiger partial charge in [-0.2, -0.15) is 0 Å². The number of fused-ring (bicyclic) bond motifs is 1. The average molecular weight is 484 g/mol. The molecule has 1 amide bonds. The topological polar surface area (TPSA) is 89.5 Å². The van der Waals surface area contributed by atoms with E-state index in [1.807, 2.05) is 0 Å². The van der Waals surface area contributed by atoms with Gasteiger partial charge in [0, 0.05) is 5.56 Å². The number of nitrogens with zero attached hydrogens (tertiary/aromatic N) is 1. The molecule has 0 aliphatic carbocycles. The highest BCUT2D eigenvalue weighted by atomic mass is 35.5. The number of anilines is 1. The minimum Gasteiger partial charge on any atom is -0.494 e. The number of hydrogen-bond donors (Lipinski definition) is 2. The zero-order valence-electron chi connectivity index (χ0n) is 15.7. The van der Waals surface area contributed by atoms with Gasteiger partial charge in [0.15, 0.2) is 16.0 Å². The second-order valence-corrected chi connectivity index (χ2v) is 8.06. The van der Waals surface area contributed by atoms with E-state index in [2.05, 4.69) is 15.6 Å². The summed E-state index contributed by atoms with van der Waals surface area (Å²) in [5.41, 5.74) is 1.33. The molecule has 11 heteroatoms. The molecule has 0 aliphatic rings. The number of esters is 1. The van der Waals surface area contributed by atoms with Gasteiger partial charge < -0.3 is 14.8 Å². The van der Waals surface area contributed by atoms with Crippen molar-refractivity contribution in [3.63, 3.8) is 0 Å². The molecule has 0 fully saturated rings. The maximum atomic E-state index is 12.4. The maximum Gasteiger partial charge on any atom is 0.338 e. The summed E-state index contributed by atoms with van der Waals surface area (Å²) in [6.45, 7) is 2.04. The highest BCUT2D eigenvalue weighted by molar-refractivity contribution is 7.80. The normalized spacial score (nSPS) is 10.5. The molecule has 7 nitrogen and oxygen atoms in total. The van der Waals surface area contributed by atoms with Crippen LogP contribution in [-0.2, 0) is 4.74 Å². The number of ether oxygens (including phenoxy) is 2. The number of aromatic nitrogens is 1. The lowest BCUT2D eigenvalue weighted by molar-refractivity contribution is 0.0526. The van der Waals surface area contributed by atoms with Crippen molar-refractivity contribution in [2.75, 3.05) is 19.0 Å². The summed E-state index contributed by atoms with van der Waals surface area (Å²) in [5, 5.41) is 6.32. The van der Waals surface area contributed by atoms with Crippen LogP contribution in [0.2, 0.25) is 10.0 Å². The number of amides is 1. The van der Waals surface area contributed by atoms with Crippen LogP contribution in [0.4, 0.5) is 5.13 Å². The Morgan fingerprint density at radius 2 is 1.87 bits per heavy atom. The Labute approximate surface area is 191 Å². The summed E-state index contributed by atoms with van der Waals surface area (Å²) in [6.07, 6.45) is 0. The average Bonchev–Trinajstić information content (AvgIpc) is 3.08. The molecule has 0 spiro atoms. The molecule has 0 radical (unpaired) electrons. The summed E-state index contributed by atoms with van der Waals surface area (Å²) in [6, 6.07) is 7.91. The lowest BCUT2D eigenvalue weighted by Gasteiger charge is -2.10. The fourth-order valence-corrected chi connectivity index (χ4v) is 4.31. The van der Waals surface area contributed by atoms with E-state index in [0.29, 0.717) is 22.8 Å². The number of carbonyl (C=O) groups is 2. The van der Waals surface area contributed by atoms with Crippen molar-refractivity contribution in [1.82, 2.24) is 10.3 Å². The third-order valence-corrected chi connectivity index (χ3v) is 5.51. The van der Waals surface area contributed by atoms with Gasteiger partial charge in [0.05, 0.1) is 39.5 Å².